The summed E-state index contributed by atoms with van der Waals surface area (Å²) in [7, 11) is 3.39. The van der Waals surface area contributed by atoms with Crippen LogP contribution < -0.4 is 10.6 Å². The molecule has 0 aliphatic carbocycles. The Morgan fingerprint density at radius 3 is 2.47 bits per heavy atom. The molecule has 0 saturated carbocycles. The van der Waals surface area contributed by atoms with Gasteiger partial charge < -0.3 is 20.6 Å². The summed E-state index contributed by atoms with van der Waals surface area (Å²) in [5.74, 6) is -0.895. The number of nitrogens with one attached hydrogen (secondary N) is 2. The van der Waals surface area contributed by atoms with E-state index >= 15 is 0 Å². The van der Waals surface area contributed by atoms with E-state index in [2.05, 4.69) is 15.7 Å². The van der Waals surface area contributed by atoms with Crippen LogP contribution in [0.15, 0.2) is 30.5 Å². The number of aromatic nitrogens is 2. The molecule has 0 spiro atoms. The zero-order chi connectivity index (χ0) is 23.6. The fourth-order valence-electron chi connectivity index (χ4n) is 4.22. The van der Waals surface area contributed by atoms with Crippen molar-refractivity contribution in [3.63, 3.8) is 0 Å². The van der Waals surface area contributed by atoms with Gasteiger partial charge in [0.15, 0.2) is 5.82 Å². The fourth-order valence-corrected chi connectivity index (χ4v) is 4.22. The molecule has 3 N–H and O–H groups in total. The highest BCUT2D eigenvalue weighted by Crippen LogP contribution is 2.26. The first kappa shape index (κ1) is 23.9. The number of hydrogen-bond donors (Lipinski definition) is 3. The summed E-state index contributed by atoms with van der Waals surface area (Å²) in [6.45, 7) is 6.25. The topological polar surface area (TPSA) is 99.5 Å². The summed E-state index contributed by atoms with van der Waals surface area (Å²) in [4.78, 5) is 27.5. The molecule has 1 unspecified atom stereocenters. The van der Waals surface area contributed by atoms with E-state index in [1.54, 1.807) is 26.2 Å². The van der Waals surface area contributed by atoms with Gasteiger partial charge in [-0.05, 0) is 18.0 Å². The van der Waals surface area contributed by atoms with Crippen LogP contribution in [0.4, 0.5) is 4.39 Å². The summed E-state index contributed by atoms with van der Waals surface area (Å²) < 4.78 is 15.4. The van der Waals surface area contributed by atoms with Gasteiger partial charge in [-0.2, -0.15) is 5.10 Å². The number of carbonyl (C=O) groups excluding carboxylic acids is 2. The van der Waals surface area contributed by atoms with Crippen molar-refractivity contribution in [1.29, 1.82) is 0 Å². The van der Waals surface area contributed by atoms with Crippen molar-refractivity contribution in [3.05, 3.63) is 41.8 Å². The molecule has 1 fully saturated rings. The maximum absolute atomic E-state index is 13.9. The third-order valence-electron chi connectivity index (χ3n) is 5.85. The summed E-state index contributed by atoms with van der Waals surface area (Å²) in [5.41, 5.74) is 1.58. The Balaban J connectivity index is 1.66. The molecule has 0 radical (unpaired) electrons. The molecule has 3 rings (SSSR count). The maximum atomic E-state index is 13.9. The van der Waals surface area contributed by atoms with Gasteiger partial charge in [-0.25, -0.2) is 4.39 Å². The van der Waals surface area contributed by atoms with Crippen LogP contribution in [0.25, 0.3) is 11.3 Å². The van der Waals surface area contributed by atoms with Crippen molar-refractivity contribution < 1.29 is 19.1 Å². The molecule has 32 heavy (non-hydrogen) atoms. The second-order valence-electron chi connectivity index (χ2n) is 9.36. The Morgan fingerprint density at radius 1 is 1.28 bits per heavy atom. The third kappa shape index (κ3) is 4.99. The number of likely N-dealkylation sites (N-methyl/N-ethyl adjacent to an activating group) is 1. The second-order valence-corrected chi connectivity index (χ2v) is 9.36. The Hall–Kier alpha value is -2.78. The van der Waals surface area contributed by atoms with Gasteiger partial charge >= 0.3 is 0 Å². The van der Waals surface area contributed by atoms with Gasteiger partial charge in [-0.1, -0.05) is 45.0 Å². The average molecular weight is 446 g/mol. The molecule has 1 aromatic heterocycles. The van der Waals surface area contributed by atoms with Gasteiger partial charge in [0.1, 0.15) is 11.7 Å². The zero-order valence-corrected chi connectivity index (χ0v) is 19.2. The Morgan fingerprint density at radius 2 is 1.94 bits per heavy atom. The van der Waals surface area contributed by atoms with Gasteiger partial charge in [-0.15, -0.1) is 0 Å². The third-order valence-corrected chi connectivity index (χ3v) is 5.85. The number of nitrogens with zero attached hydrogens (tertiary/aromatic N) is 3. The van der Waals surface area contributed by atoms with Crippen LogP contribution in [0.5, 0.6) is 0 Å². The van der Waals surface area contributed by atoms with Gasteiger partial charge in [0, 0.05) is 32.1 Å². The Labute approximate surface area is 187 Å². The van der Waals surface area contributed by atoms with Gasteiger partial charge in [0.2, 0.25) is 11.8 Å². The number of aliphatic hydroxyl groups is 1. The molecule has 174 valence electrons. The molecular formula is C23H32FN5O3. The molecule has 8 nitrogen and oxygen atoms in total. The molecular weight excluding hydrogens is 413 g/mol. The Bertz CT molecular complexity index is 948. The van der Waals surface area contributed by atoms with E-state index in [-0.39, 0.29) is 36.7 Å². The van der Waals surface area contributed by atoms with E-state index in [9.17, 15) is 19.1 Å². The van der Waals surface area contributed by atoms with Crippen LogP contribution in [0, 0.1) is 11.2 Å². The summed E-state index contributed by atoms with van der Waals surface area (Å²) in [6, 6.07) is 5.98. The molecule has 9 heteroatoms. The van der Waals surface area contributed by atoms with E-state index in [1.165, 1.54) is 15.8 Å². The highest BCUT2D eigenvalue weighted by Gasteiger charge is 2.43. The molecule has 2 amide bonds. The molecule has 0 bridgehead atoms. The van der Waals surface area contributed by atoms with E-state index in [4.69, 9.17) is 0 Å². The predicted octanol–water partition coefficient (Wildman–Crippen LogP) is 1.44. The molecule has 1 aromatic carbocycles. The van der Waals surface area contributed by atoms with Gasteiger partial charge in [0.05, 0.1) is 18.3 Å². The van der Waals surface area contributed by atoms with Crippen molar-refractivity contribution in [2.75, 3.05) is 13.6 Å². The minimum Gasteiger partial charge on any atom is -0.391 e. The molecule has 2 heterocycles. The van der Waals surface area contributed by atoms with Crippen LogP contribution in [-0.2, 0) is 23.2 Å². The molecule has 3 atom stereocenters. The van der Waals surface area contributed by atoms with E-state index in [0.717, 1.165) is 5.56 Å². The van der Waals surface area contributed by atoms with Gasteiger partial charge in [0.25, 0.3) is 0 Å². The molecule has 1 saturated heterocycles. The first-order valence-corrected chi connectivity index (χ1v) is 10.7. The molecule has 1 aliphatic rings. The number of aliphatic hydroxyl groups excluding tert-OH is 1. The van der Waals surface area contributed by atoms with Crippen LogP contribution in [0.2, 0.25) is 0 Å². The lowest BCUT2D eigenvalue weighted by molar-refractivity contribution is -0.142. The highest BCUT2D eigenvalue weighted by molar-refractivity contribution is 5.91. The molecule has 1 aliphatic heterocycles. The summed E-state index contributed by atoms with van der Waals surface area (Å²) >= 11 is 0. The highest BCUT2D eigenvalue weighted by atomic mass is 19.1. The maximum Gasteiger partial charge on any atom is 0.243 e. The lowest BCUT2D eigenvalue weighted by Crippen LogP contribution is -2.55. The van der Waals surface area contributed by atoms with Crippen LogP contribution in [-0.4, -0.2) is 63.4 Å². The smallest absolute Gasteiger partial charge is 0.243 e. The van der Waals surface area contributed by atoms with Crippen LogP contribution in [0.1, 0.15) is 32.8 Å². The van der Waals surface area contributed by atoms with Crippen molar-refractivity contribution >= 4 is 11.8 Å². The van der Waals surface area contributed by atoms with Crippen molar-refractivity contribution in [2.45, 2.75) is 51.9 Å². The zero-order valence-electron chi connectivity index (χ0n) is 19.2. The number of hydrogen-bond acceptors (Lipinski definition) is 5. The number of likely N-dealkylation sites (tertiary alicyclic amines) is 1. The lowest BCUT2D eigenvalue weighted by Gasteiger charge is -2.34. The van der Waals surface area contributed by atoms with Crippen molar-refractivity contribution in [1.82, 2.24) is 25.3 Å². The minimum absolute atomic E-state index is 0.135. The summed E-state index contributed by atoms with van der Waals surface area (Å²) in [5, 5.41) is 20.0. The number of halogens is 1. The number of carbonyl (C=O) groups is 2. The Kier molecular flexibility index (Phi) is 7.00. The van der Waals surface area contributed by atoms with Crippen LogP contribution in [0.3, 0.4) is 0 Å². The standard InChI is InChI=1S/C23H32FN5O3/c1-23(2,3)20(25-4)22(32)29-13-16(30)10-18(29)21(31)26-11-14-6-8-15(9-7-14)19-17(24)12-27-28(19)5/h6-9,12,16,18,20,25,30H,10-11,13H2,1-5H3,(H,26,31)/t16-,18+,20?/m1/s1. The fraction of sp³-hybridized carbons (Fsp3) is 0.522. The van der Waals surface area contributed by atoms with E-state index in [1.807, 2.05) is 32.9 Å². The number of aryl methyl sites for hydroxylation is 1. The average Bonchev–Trinajstić information content (AvgIpc) is 3.28. The lowest BCUT2D eigenvalue weighted by atomic mass is 9.86. The number of β-amino-alcohol motifs (C(OH)–C–C–N with tert-alkyl or cyclic N) is 1. The number of rotatable bonds is 6. The van der Waals surface area contributed by atoms with E-state index < -0.39 is 24.0 Å². The first-order valence-electron chi connectivity index (χ1n) is 10.7. The predicted molar refractivity (Wildman–Crippen MR) is 119 cm³/mol. The SMILES string of the molecule is CNC(C(=O)N1C[C@H](O)C[C@H]1C(=O)NCc1ccc(-c2c(F)cnn2C)cc1)C(C)(C)C. The largest absolute Gasteiger partial charge is 0.391 e. The van der Waals surface area contributed by atoms with Gasteiger partial charge in [-0.3, -0.25) is 14.3 Å². The number of amides is 2. The van der Waals surface area contributed by atoms with Crippen LogP contribution >= 0.6 is 0 Å². The monoisotopic (exact) mass is 445 g/mol. The second kappa shape index (κ2) is 9.38. The minimum atomic E-state index is -0.736. The van der Waals surface area contributed by atoms with Crippen molar-refractivity contribution in [3.8, 4) is 11.3 Å². The first-order chi connectivity index (χ1) is 15.0. The quantitative estimate of drug-likeness (QED) is 0.625. The summed E-state index contributed by atoms with van der Waals surface area (Å²) in [6.07, 6.45) is 0.641. The van der Waals surface area contributed by atoms with E-state index in [0.29, 0.717) is 11.3 Å². The normalized spacial score (nSPS) is 19.8. The van der Waals surface area contributed by atoms with Crippen molar-refractivity contribution in [2.24, 2.45) is 12.5 Å². The number of benzene rings is 1. The molecule has 2 aromatic rings.